The molecule has 0 bridgehead atoms. The summed E-state index contributed by atoms with van der Waals surface area (Å²) in [5.41, 5.74) is 1.26. The van der Waals surface area contributed by atoms with Gasteiger partial charge in [-0.2, -0.15) is 5.10 Å². The second-order valence-electron chi connectivity index (χ2n) is 5.10. The Morgan fingerprint density at radius 2 is 2.09 bits per heavy atom. The Hall–Kier alpha value is -1.56. The van der Waals surface area contributed by atoms with Gasteiger partial charge in [0.15, 0.2) is 0 Å². The van der Waals surface area contributed by atoms with E-state index in [1.165, 1.54) is 4.68 Å². The molecule has 5 nitrogen and oxygen atoms in total. The van der Waals surface area contributed by atoms with E-state index in [1.54, 1.807) is 13.2 Å². The van der Waals surface area contributed by atoms with E-state index in [0.717, 1.165) is 5.56 Å². The van der Waals surface area contributed by atoms with Crippen LogP contribution in [0.3, 0.4) is 0 Å². The number of aryl methyl sites for hydroxylation is 1. The monoisotopic (exact) mass is 339 g/mol. The van der Waals surface area contributed by atoms with Gasteiger partial charge in [0, 0.05) is 30.7 Å². The van der Waals surface area contributed by atoms with Crippen molar-refractivity contribution in [2.24, 2.45) is 7.05 Å². The molecule has 0 radical (unpaired) electrons. The Morgan fingerprint density at radius 1 is 1.32 bits per heavy atom. The molecule has 2 heterocycles. The number of aromatic nitrogens is 2. The Bertz CT molecular complexity index is 748. The van der Waals surface area contributed by atoms with Crippen molar-refractivity contribution in [2.45, 2.75) is 6.10 Å². The van der Waals surface area contributed by atoms with Gasteiger partial charge in [-0.05, 0) is 6.07 Å². The topological polar surface area (TPSA) is 47.4 Å². The summed E-state index contributed by atoms with van der Waals surface area (Å²) in [7, 11) is 1.57. The number of anilines is 1. The molecule has 1 fully saturated rings. The summed E-state index contributed by atoms with van der Waals surface area (Å²) >= 11 is 12.4. The predicted octanol–water partition coefficient (Wildman–Crippen LogP) is 2.67. The van der Waals surface area contributed by atoms with E-state index in [4.69, 9.17) is 27.9 Å². The SMILES string of the molecule is Cn1ncc(N2CCOC(c3ccccc3Cl)C2)c(Cl)c1=O. The van der Waals surface area contributed by atoms with Crippen molar-refractivity contribution in [3.8, 4) is 0 Å². The van der Waals surface area contributed by atoms with Gasteiger partial charge >= 0.3 is 0 Å². The second-order valence-corrected chi connectivity index (χ2v) is 5.88. The zero-order chi connectivity index (χ0) is 15.7. The Labute approximate surface area is 138 Å². The Balaban J connectivity index is 1.90. The van der Waals surface area contributed by atoms with Crippen LogP contribution in [0.1, 0.15) is 11.7 Å². The van der Waals surface area contributed by atoms with Gasteiger partial charge in [-0.25, -0.2) is 4.68 Å². The lowest BCUT2D eigenvalue weighted by Crippen LogP contribution is -2.39. The summed E-state index contributed by atoms with van der Waals surface area (Å²) in [5, 5.41) is 4.89. The molecule has 2 aromatic rings. The van der Waals surface area contributed by atoms with Crippen LogP contribution in [0.2, 0.25) is 10.0 Å². The van der Waals surface area contributed by atoms with Gasteiger partial charge in [0.2, 0.25) is 0 Å². The maximum atomic E-state index is 11.9. The molecular formula is C15H15Cl2N3O2. The fourth-order valence-corrected chi connectivity index (χ4v) is 3.06. The van der Waals surface area contributed by atoms with Crippen LogP contribution >= 0.6 is 23.2 Å². The Morgan fingerprint density at radius 3 is 2.86 bits per heavy atom. The lowest BCUT2D eigenvalue weighted by molar-refractivity contribution is 0.0398. The number of ether oxygens (including phenoxy) is 1. The zero-order valence-corrected chi connectivity index (χ0v) is 13.5. The third-order valence-corrected chi connectivity index (χ3v) is 4.42. The summed E-state index contributed by atoms with van der Waals surface area (Å²) in [6.45, 7) is 1.75. The molecule has 0 spiro atoms. The molecule has 0 amide bonds. The molecule has 1 aliphatic rings. The maximum Gasteiger partial charge on any atom is 0.287 e. The first-order chi connectivity index (χ1) is 10.6. The highest BCUT2D eigenvalue weighted by molar-refractivity contribution is 6.33. The summed E-state index contributed by atoms with van der Waals surface area (Å²) in [6, 6.07) is 7.59. The van der Waals surface area contributed by atoms with Crippen molar-refractivity contribution in [3.63, 3.8) is 0 Å². The number of halogens is 2. The minimum absolute atomic E-state index is 0.164. The van der Waals surface area contributed by atoms with E-state index in [9.17, 15) is 4.79 Å². The van der Waals surface area contributed by atoms with E-state index < -0.39 is 0 Å². The molecule has 3 rings (SSSR count). The van der Waals surface area contributed by atoms with Crippen LogP contribution in [0.15, 0.2) is 35.3 Å². The van der Waals surface area contributed by atoms with Gasteiger partial charge in [-0.15, -0.1) is 0 Å². The minimum atomic E-state index is -0.306. The standard InChI is InChI=1S/C15H15Cl2N3O2/c1-19-15(21)14(17)12(8-18-19)20-6-7-22-13(9-20)10-4-2-3-5-11(10)16/h2-5,8,13H,6-7,9H2,1H3. The highest BCUT2D eigenvalue weighted by Gasteiger charge is 2.26. The van der Waals surface area contributed by atoms with Crippen LogP contribution in [-0.2, 0) is 11.8 Å². The van der Waals surface area contributed by atoms with Crippen molar-refractivity contribution in [2.75, 3.05) is 24.6 Å². The summed E-state index contributed by atoms with van der Waals surface area (Å²) in [6.07, 6.45) is 1.45. The maximum absolute atomic E-state index is 11.9. The fraction of sp³-hybridized carbons (Fsp3) is 0.333. The van der Waals surface area contributed by atoms with E-state index >= 15 is 0 Å². The minimum Gasteiger partial charge on any atom is -0.370 e. The average molecular weight is 340 g/mol. The lowest BCUT2D eigenvalue weighted by atomic mass is 10.1. The smallest absolute Gasteiger partial charge is 0.287 e. The number of hydrogen-bond acceptors (Lipinski definition) is 4. The van der Waals surface area contributed by atoms with E-state index in [-0.39, 0.29) is 16.7 Å². The van der Waals surface area contributed by atoms with Gasteiger partial charge in [0.25, 0.3) is 5.56 Å². The van der Waals surface area contributed by atoms with Crippen LogP contribution in [0, 0.1) is 0 Å². The molecule has 7 heteroatoms. The highest BCUT2D eigenvalue weighted by atomic mass is 35.5. The number of nitrogens with zero attached hydrogens (tertiary/aromatic N) is 3. The van der Waals surface area contributed by atoms with Gasteiger partial charge < -0.3 is 9.64 Å². The Kier molecular flexibility index (Phi) is 4.38. The van der Waals surface area contributed by atoms with Crippen LogP contribution in [0.4, 0.5) is 5.69 Å². The second kappa shape index (κ2) is 6.28. The summed E-state index contributed by atoms with van der Waals surface area (Å²) in [4.78, 5) is 13.9. The molecule has 1 atom stereocenters. The molecule has 1 aromatic carbocycles. The molecule has 1 aromatic heterocycles. The van der Waals surface area contributed by atoms with Gasteiger partial charge in [0.1, 0.15) is 11.1 Å². The van der Waals surface area contributed by atoms with Gasteiger partial charge in [-0.3, -0.25) is 4.79 Å². The van der Waals surface area contributed by atoms with Crippen LogP contribution in [0.25, 0.3) is 0 Å². The van der Waals surface area contributed by atoms with Crippen LogP contribution in [0.5, 0.6) is 0 Å². The lowest BCUT2D eigenvalue weighted by Gasteiger charge is -2.35. The normalized spacial score (nSPS) is 18.5. The van der Waals surface area contributed by atoms with Crippen molar-refractivity contribution < 1.29 is 4.74 Å². The molecule has 0 saturated carbocycles. The average Bonchev–Trinajstić information content (AvgIpc) is 2.53. The largest absolute Gasteiger partial charge is 0.370 e. The van der Waals surface area contributed by atoms with Gasteiger partial charge in [-0.1, -0.05) is 41.4 Å². The molecule has 0 aliphatic carbocycles. The molecule has 116 valence electrons. The summed E-state index contributed by atoms with van der Waals surface area (Å²) in [5.74, 6) is 0. The molecule has 1 unspecified atom stereocenters. The number of benzene rings is 1. The molecular weight excluding hydrogens is 325 g/mol. The molecule has 1 saturated heterocycles. The third-order valence-electron chi connectivity index (χ3n) is 3.72. The van der Waals surface area contributed by atoms with Crippen molar-refractivity contribution >= 4 is 28.9 Å². The first kappa shape index (κ1) is 15.3. The van der Waals surface area contributed by atoms with Gasteiger partial charge in [0.05, 0.1) is 18.5 Å². The van der Waals surface area contributed by atoms with Crippen LogP contribution in [-0.4, -0.2) is 29.5 Å². The van der Waals surface area contributed by atoms with Crippen molar-refractivity contribution in [3.05, 3.63) is 56.4 Å². The fourth-order valence-electron chi connectivity index (χ4n) is 2.51. The first-order valence-electron chi connectivity index (χ1n) is 6.90. The molecule has 1 aliphatic heterocycles. The molecule has 0 N–H and O–H groups in total. The number of rotatable bonds is 2. The quantitative estimate of drug-likeness (QED) is 0.843. The predicted molar refractivity (Wildman–Crippen MR) is 86.8 cm³/mol. The zero-order valence-electron chi connectivity index (χ0n) is 12.0. The van der Waals surface area contributed by atoms with Crippen molar-refractivity contribution in [1.82, 2.24) is 9.78 Å². The number of hydrogen-bond donors (Lipinski definition) is 0. The van der Waals surface area contributed by atoms with Crippen LogP contribution < -0.4 is 10.5 Å². The molecule has 22 heavy (non-hydrogen) atoms. The first-order valence-corrected chi connectivity index (χ1v) is 7.66. The number of morpholine rings is 1. The van der Waals surface area contributed by atoms with E-state index in [1.807, 2.05) is 29.2 Å². The van der Waals surface area contributed by atoms with E-state index in [0.29, 0.717) is 30.4 Å². The van der Waals surface area contributed by atoms with Crippen molar-refractivity contribution in [1.29, 1.82) is 0 Å². The third kappa shape index (κ3) is 2.84. The van der Waals surface area contributed by atoms with E-state index in [2.05, 4.69) is 5.10 Å². The summed E-state index contributed by atoms with van der Waals surface area (Å²) < 4.78 is 7.04. The highest BCUT2D eigenvalue weighted by Crippen LogP contribution is 2.31.